The van der Waals surface area contributed by atoms with Crippen molar-refractivity contribution in [3.8, 4) is 0 Å². The highest BCUT2D eigenvalue weighted by atomic mass is 32.2. The van der Waals surface area contributed by atoms with Crippen molar-refractivity contribution < 1.29 is 8.42 Å². The van der Waals surface area contributed by atoms with E-state index in [0.29, 0.717) is 38.0 Å². The molecule has 0 spiro atoms. The van der Waals surface area contributed by atoms with E-state index in [1.165, 1.54) is 0 Å². The summed E-state index contributed by atoms with van der Waals surface area (Å²) < 4.78 is 28.4. The Hall–Kier alpha value is -0.130. The number of hydrogen-bond donors (Lipinski definition) is 0. The molecule has 2 rings (SSSR count). The number of rotatable bonds is 2. The van der Waals surface area contributed by atoms with Gasteiger partial charge in [0.2, 0.25) is 0 Å². The van der Waals surface area contributed by atoms with Crippen LogP contribution >= 0.6 is 0 Å². The highest BCUT2D eigenvalue weighted by Crippen LogP contribution is 2.24. The lowest BCUT2D eigenvalue weighted by Gasteiger charge is -2.37. The Morgan fingerprint density at radius 2 is 1.29 bits per heavy atom. The Labute approximate surface area is 105 Å². The van der Waals surface area contributed by atoms with Gasteiger partial charge in [0.05, 0.1) is 0 Å². The van der Waals surface area contributed by atoms with E-state index in [2.05, 4.69) is 13.8 Å². The van der Waals surface area contributed by atoms with Gasteiger partial charge in [-0.05, 0) is 37.5 Å². The largest absolute Gasteiger partial charge is 0.281 e. The number of piperidine rings is 2. The second kappa shape index (κ2) is 5.24. The van der Waals surface area contributed by atoms with Gasteiger partial charge in [0.25, 0.3) is 10.2 Å². The Kier molecular flexibility index (Phi) is 4.10. The lowest BCUT2D eigenvalue weighted by Crippen LogP contribution is -2.50. The van der Waals surface area contributed by atoms with Gasteiger partial charge in [-0.2, -0.15) is 17.0 Å². The minimum Gasteiger partial charge on any atom is -0.195 e. The van der Waals surface area contributed by atoms with Crippen LogP contribution in [0.2, 0.25) is 0 Å². The molecule has 100 valence electrons. The molecule has 2 aliphatic rings. The molecule has 0 unspecified atom stereocenters. The van der Waals surface area contributed by atoms with Crippen LogP contribution in [0.15, 0.2) is 0 Å². The normalized spacial score (nSPS) is 33.8. The van der Waals surface area contributed by atoms with Gasteiger partial charge >= 0.3 is 0 Å². The lowest BCUT2D eigenvalue weighted by molar-refractivity contribution is 0.229. The molecule has 17 heavy (non-hydrogen) atoms. The molecule has 4 nitrogen and oxygen atoms in total. The van der Waals surface area contributed by atoms with Crippen molar-refractivity contribution >= 4 is 10.2 Å². The highest BCUT2D eigenvalue weighted by molar-refractivity contribution is 7.86. The van der Waals surface area contributed by atoms with Gasteiger partial charge in [-0.3, -0.25) is 0 Å². The van der Waals surface area contributed by atoms with Crippen LogP contribution in [-0.4, -0.2) is 43.2 Å². The van der Waals surface area contributed by atoms with Gasteiger partial charge in [-0.15, -0.1) is 0 Å². The smallest absolute Gasteiger partial charge is 0.195 e. The predicted molar refractivity (Wildman–Crippen MR) is 68.9 cm³/mol. The third-order valence-corrected chi connectivity index (χ3v) is 5.86. The Balaban J connectivity index is 2.06. The van der Waals surface area contributed by atoms with Crippen LogP contribution < -0.4 is 0 Å². The van der Waals surface area contributed by atoms with Crippen LogP contribution in [0.5, 0.6) is 0 Å². The molecular formula is C12H24N2O2S. The quantitative estimate of drug-likeness (QED) is 0.758. The van der Waals surface area contributed by atoms with Crippen molar-refractivity contribution in [2.45, 2.75) is 39.5 Å². The van der Waals surface area contributed by atoms with E-state index in [4.69, 9.17) is 0 Å². The molecular weight excluding hydrogens is 236 g/mol. The van der Waals surface area contributed by atoms with E-state index in [1.807, 2.05) is 0 Å². The molecule has 0 N–H and O–H groups in total. The Morgan fingerprint density at radius 1 is 0.882 bits per heavy atom. The SMILES string of the molecule is C[C@H]1CCCN(S(=O)(=O)N2CCC[C@H](C)C2)C1. The van der Waals surface area contributed by atoms with E-state index >= 15 is 0 Å². The van der Waals surface area contributed by atoms with Crippen LogP contribution in [0.3, 0.4) is 0 Å². The number of hydrogen-bond acceptors (Lipinski definition) is 2. The second-order valence-electron chi connectivity index (χ2n) is 5.72. The minimum absolute atomic E-state index is 0.501. The number of nitrogens with zero attached hydrogens (tertiary/aromatic N) is 2. The fraction of sp³-hybridized carbons (Fsp3) is 1.00. The van der Waals surface area contributed by atoms with Gasteiger partial charge in [0, 0.05) is 26.2 Å². The molecule has 2 fully saturated rings. The van der Waals surface area contributed by atoms with Crippen LogP contribution in [0.25, 0.3) is 0 Å². The first-order chi connectivity index (χ1) is 8.00. The highest BCUT2D eigenvalue weighted by Gasteiger charge is 2.34. The first-order valence-electron chi connectivity index (χ1n) is 6.75. The third-order valence-electron chi connectivity index (χ3n) is 3.89. The summed E-state index contributed by atoms with van der Waals surface area (Å²) in [6, 6.07) is 0. The molecule has 0 aliphatic carbocycles. The van der Waals surface area contributed by atoms with Crippen molar-refractivity contribution in [1.82, 2.24) is 8.61 Å². The maximum absolute atomic E-state index is 12.5. The van der Waals surface area contributed by atoms with Gasteiger partial charge in [-0.1, -0.05) is 13.8 Å². The van der Waals surface area contributed by atoms with Gasteiger partial charge in [-0.25, -0.2) is 0 Å². The van der Waals surface area contributed by atoms with Gasteiger partial charge < -0.3 is 0 Å². The predicted octanol–water partition coefficient (Wildman–Crippen LogP) is 1.70. The topological polar surface area (TPSA) is 40.6 Å². The van der Waals surface area contributed by atoms with E-state index in [1.54, 1.807) is 8.61 Å². The summed E-state index contributed by atoms with van der Waals surface area (Å²) in [7, 11) is -3.18. The molecule has 0 aromatic carbocycles. The monoisotopic (exact) mass is 260 g/mol. The van der Waals surface area contributed by atoms with Crippen LogP contribution in [0.1, 0.15) is 39.5 Å². The molecule has 2 heterocycles. The minimum atomic E-state index is -3.18. The maximum atomic E-state index is 12.5. The molecule has 0 saturated carbocycles. The summed E-state index contributed by atoms with van der Waals surface area (Å²) in [5, 5.41) is 0. The van der Waals surface area contributed by atoms with Crippen molar-refractivity contribution in [3.63, 3.8) is 0 Å². The summed E-state index contributed by atoms with van der Waals surface area (Å²) in [5.74, 6) is 1.00. The Bertz CT molecular complexity index is 328. The lowest BCUT2D eigenvalue weighted by atomic mass is 10.0. The summed E-state index contributed by atoms with van der Waals surface area (Å²) in [5.41, 5.74) is 0. The maximum Gasteiger partial charge on any atom is 0.281 e. The first-order valence-corrected chi connectivity index (χ1v) is 8.15. The molecule has 2 saturated heterocycles. The summed E-state index contributed by atoms with van der Waals surface area (Å²) in [6.45, 7) is 7.09. The first kappa shape index (κ1) is 13.3. The fourth-order valence-electron chi connectivity index (χ4n) is 2.88. The van der Waals surface area contributed by atoms with Crippen molar-refractivity contribution in [3.05, 3.63) is 0 Å². The van der Waals surface area contributed by atoms with E-state index in [-0.39, 0.29) is 0 Å². The molecule has 5 heteroatoms. The molecule has 0 radical (unpaired) electrons. The zero-order valence-electron chi connectivity index (χ0n) is 10.9. The van der Waals surface area contributed by atoms with Crippen LogP contribution in [0.4, 0.5) is 0 Å². The van der Waals surface area contributed by atoms with E-state index < -0.39 is 10.2 Å². The van der Waals surface area contributed by atoms with Crippen molar-refractivity contribution in [2.24, 2.45) is 11.8 Å². The summed E-state index contributed by atoms with van der Waals surface area (Å²) in [4.78, 5) is 0. The molecule has 0 amide bonds. The van der Waals surface area contributed by atoms with Gasteiger partial charge in [0.15, 0.2) is 0 Å². The molecule has 2 aliphatic heterocycles. The Morgan fingerprint density at radius 3 is 1.65 bits per heavy atom. The van der Waals surface area contributed by atoms with Crippen molar-refractivity contribution in [2.75, 3.05) is 26.2 Å². The van der Waals surface area contributed by atoms with Crippen molar-refractivity contribution in [1.29, 1.82) is 0 Å². The van der Waals surface area contributed by atoms with Gasteiger partial charge in [0.1, 0.15) is 0 Å². The zero-order chi connectivity index (χ0) is 12.5. The molecule has 0 aromatic rings. The average molecular weight is 260 g/mol. The fourth-order valence-corrected chi connectivity index (χ4v) is 4.81. The zero-order valence-corrected chi connectivity index (χ0v) is 11.7. The molecule has 0 aromatic heterocycles. The van der Waals surface area contributed by atoms with Crippen LogP contribution in [-0.2, 0) is 10.2 Å². The third kappa shape index (κ3) is 3.01. The average Bonchev–Trinajstić information content (AvgIpc) is 2.29. The van der Waals surface area contributed by atoms with E-state index in [0.717, 1.165) is 25.7 Å². The second-order valence-corrected chi connectivity index (χ2v) is 7.65. The summed E-state index contributed by atoms with van der Waals surface area (Å²) in [6.07, 6.45) is 4.32. The van der Waals surface area contributed by atoms with E-state index in [9.17, 15) is 8.42 Å². The molecule has 0 bridgehead atoms. The van der Waals surface area contributed by atoms with Crippen LogP contribution in [0, 0.1) is 11.8 Å². The standard InChI is InChI=1S/C12H24N2O2S/c1-11-5-3-7-13(9-11)17(15,16)14-8-4-6-12(2)10-14/h11-12H,3-10H2,1-2H3/t11-,12-/m0/s1. The summed E-state index contributed by atoms with van der Waals surface area (Å²) >= 11 is 0. The molecule has 2 atom stereocenters.